The molecule has 5 heteroatoms. The molecule has 0 aromatic carbocycles. The molecule has 0 saturated heterocycles. The second-order valence-electron chi connectivity index (χ2n) is 4.29. The van der Waals surface area contributed by atoms with E-state index in [9.17, 15) is 13.2 Å². The van der Waals surface area contributed by atoms with E-state index >= 15 is 0 Å². The van der Waals surface area contributed by atoms with Gasteiger partial charge >= 0.3 is 5.51 Å². The lowest BCUT2D eigenvalue weighted by atomic mass is 9.93. The largest absolute Gasteiger partial charge is 0.441 e. The fourth-order valence-corrected chi connectivity index (χ4v) is 2.11. The van der Waals surface area contributed by atoms with Gasteiger partial charge in [-0.15, -0.1) is 0 Å². The van der Waals surface area contributed by atoms with Crippen molar-refractivity contribution in [3.8, 4) is 0 Å². The van der Waals surface area contributed by atoms with E-state index in [-0.39, 0.29) is 17.5 Å². The quantitative estimate of drug-likeness (QED) is 0.662. The second kappa shape index (κ2) is 8.23. The third-order valence-electron chi connectivity index (χ3n) is 2.53. The minimum absolute atomic E-state index is 0.0907. The predicted molar refractivity (Wildman–Crippen MR) is 64.6 cm³/mol. The minimum Gasteiger partial charge on any atom is -0.316 e. The standard InChI is InChI=1S/C11H22F3NS/c1-4-6-15-8-10(9(2)3)5-7-16-11(12,13)14/h9-10,15H,4-8H2,1-3H3. The molecular formula is C11H22F3NS. The highest BCUT2D eigenvalue weighted by atomic mass is 32.2. The highest BCUT2D eigenvalue weighted by Crippen LogP contribution is 2.32. The molecule has 0 aliphatic heterocycles. The molecule has 0 aliphatic carbocycles. The SMILES string of the molecule is CCCNCC(CCSC(F)(F)F)C(C)C. The molecule has 0 rings (SSSR count). The van der Waals surface area contributed by atoms with Crippen LogP contribution >= 0.6 is 11.8 Å². The summed E-state index contributed by atoms with van der Waals surface area (Å²) < 4.78 is 35.9. The number of alkyl halides is 3. The van der Waals surface area contributed by atoms with Crippen molar-refractivity contribution in [1.82, 2.24) is 5.32 Å². The van der Waals surface area contributed by atoms with Crippen molar-refractivity contribution in [2.45, 2.75) is 39.1 Å². The molecule has 1 N–H and O–H groups in total. The first kappa shape index (κ1) is 16.1. The van der Waals surface area contributed by atoms with Gasteiger partial charge in [-0.1, -0.05) is 32.5 Å². The van der Waals surface area contributed by atoms with E-state index in [1.54, 1.807) is 0 Å². The summed E-state index contributed by atoms with van der Waals surface area (Å²) in [6, 6.07) is 0. The van der Waals surface area contributed by atoms with Gasteiger partial charge in [0.2, 0.25) is 0 Å². The highest BCUT2D eigenvalue weighted by molar-refractivity contribution is 8.00. The van der Waals surface area contributed by atoms with Gasteiger partial charge in [0.1, 0.15) is 0 Å². The maximum absolute atomic E-state index is 12.0. The molecule has 0 aromatic heterocycles. The number of halogens is 3. The molecule has 0 fully saturated rings. The van der Waals surface area contributed by atoms with Crippen molar-refractivity contribution < 1.29 is 13.2 Å². The number of hydrogen-bond donors (Lipinski definition) is 1. The molecule has 98 valence electrons. The summed E-state index contributed by atoms with van der Waals surface area (Å²) in [5, 5.41) is 3.27. The third-order valence-corrected chi connectivity index (χ3v) is 3.30. The molecule has 0 radical (unpaired) electrons. The van der Waals surface area contributed by atoms with Crippen LogP contribution in [0.2, 0.25) is 0 Å². The molecule has 0 bridgehead atoms. The Bertz CT molecular complexity index is 171. The van der Waals surface area contributed by atoms with Gasteiger partial charge in [-0.05, 0) is 37.8 Å². The lowest BCUT2D eigenvalue weighted by Gasteiger charge is -2.21. The maximum atomic E-state index is 12.0. The smallest absolute Gasteiger partial charge is 0.316 e. The van der Waals surface area contributed by atoms with Crippen LogP contribution in [-0.2, 0) is 0 Å². The van der Waals surface area contributed by atoms with Crippen molar-refractivity contribution >= 4 is 11.8 Å². The van der Waals surface area contributed by atoms with Crippen LogP contribution in [0.5, 0.6) is 0 Å². The second-order valence-corrected chi connectivity index (χ2v) is 5.45. The fourth-order valence-electron chi connectivity index (χ4n) is 1.46. The zero-order valence-electron chi connectivity index (χ0n) is 10.2. The summed E-state index contributed by atoms with van der Waals surface area (Å²) in [6.45, 7) is 7.98. The number of thioether (sulfide) groups is 1. The van der Waals surface area contributed by atoms with Crippen LogP contribution in [0.3, 0.4) is 0 Å². The van der Waals surface area contributed by atoms with E-state index in [4.69, 9.17) is 0 Å². The Morgan fingerprint density at radius 1 is 1.25 bits per heavy atom. The summed E-state index contributed by atoms with van der Waals surface area (Å²) in [7, 11) is 0. The zero-order valence-corrected chi connectivity index (χ0v) is 11.0. The normalized spacial score (nSPS) is 14.4. The van der Waals surface area contributed by atoms with Crippen LogP contribution in [0.1, 0.15) is 33.6 Å². The van der Waals surface area contributed by atoms with Crippen molar-refractivity contribution in [1.29, 1.82) is 0 Å². The first-order valence-electron chi connectivity index (χ1n) is 5.78. The van der Waals surface area contributed by atoms with Gasteiger partial charge in [-0.3, -0.25) is 0 Å². The van der Waals surface area contributed by atoms with E-state index in [2.05, 4.69) is 26.1 Å². The van der Waals surface area contributed by atoms with Gasteiger partial charge in [0.05, 0.1) is 0 Å². The first-order chi connectivity index (χ1) is 7.37. The molecule has 1 nitrogen and oxygen atoms in total. The topological polar surface area (TPSA) is 12.0 Å². The maximum Gasteiger partial charge on any atom is 0.441 e. The van der Waals surface area contributed by atoms with Gasteiger partial charge in [0.25, 0.3) is 0 Å². The molecular weight excluding hydrogens is 235 g/mol. The molecule has 0 spiro atoms. The number of nitrogens with one attached hydrogen (secondary N) is 1. The van der Waals surface area contributed by atoms with Crippen molar-refractivity contribution in [3.63, 3.8) is 0 Å². The summed E-state index contributed by atoms with van der Waals surface area (Å²) in [5.74, 6) is 0.930. The van der Waals surface area contributed by atoms with Gasteiger partial charge in [-0.25, -0.2) is 0 Å². The lowest BCUT2D eigenvalue weighted by Crippen LogP contribution is -2.27. The van der Waals surface area contributed by atoms with Crippen LogP contribution in [0.4, 0.5) is 13.2 Å². The van der Waals surface area contributed by atoms with E-state index < -0.39 is 5.51 Å². The monoisotopic (exact) mass is 257 g/mol. The van der Waals surface area contributed by atoms with Crippen molar-refractivity contribution in [2.75, 3.05) is 18.8 Å². The van der Waals surface area contributed by atoms with E-state index in [0.717, 1.165) is 19.5 Å². The Hall–Kier alpha value is 0.100. The molecule has 0 aliphatic rings. The molecule has 0 heterocycles. The van der Waals surface area contributed by atoms with Crippen LogP contribution in [-0.4, -0.2) is 24.4 Å². The minimum atomic E-state index is -4.08. The van der Waals surface area contributed by atoms with Crippen LogP contribution in [0, 0.1) is 11.8 Å². The van der Waals surface area contributed by atoms with E-state index in [0.29, 0.717) is 18.3 Å². The highest BCUT2D eigenvalue weighted by Gasteiger charge is 2.28. The van der Waals surface area contributed by atoms with Crippen molar-refractivity contribution in [3.05, 3.63) is 0 Å². The van der Waals surface area contributed by atoms with Crippen LogP contribution in [0.25, 0.3) is 0 Å². The number of rotatable bonds is 8. The molecule has 1 atom stereocenters. The molecule has 0 saturated carbocycles. The Kier molecular flexibility index (Phi) is 8.28. The predicted octanol–water partition coefficient (Wildman–Crippen LogP) is 3.90. The molecule has 0 aromatic rings. The summed E-state index contributed by atoms with van der Waals surface area (Å²) in [6.07, 6.45) is 1.68. The summed E-state index contributed by atoms with van der Waals surface area (Å²) in [4.78, 5) is 0. The average molecular weight is 257 g/mol. The van der Waals surface area contributed by atoms with E-state index in [1.807, 2.05) is 0 Å². The van der Waals surface area contributed by atoms with E-state index in [1.165, 1.54) is 0 Å². The fraction of sp³-hybridized carbons (Fsp3) is 1.00. The summed E-state index contributed by atoms with van der Waals surface area (Å²) >= 11 is 0.0907. The Labute approximate surface area is 101 Å². The molecule has 1 unspecified atom stereocenters. The Morgan fingerprint density at radius 2 is 1.88 bits per heavy atom. The lowest BCUT2D eigenvalue weighted by molar-refractivity contribution is -0.0328. The Balaban J connectivity index is 3.77. The molecule has 16 heavy (non-hydrogen) atoms. The first-order valence-corrected chi connectivity index (χ1v) is 6.76. The van der Waals surface area contributed by atoms with Crippen LogP contribution in [0.15, 0.2) is 0 Å². The van der Waals surface area contributed by atoms with Gasteiger partial charge in [0, 0.05) is 5.75 Å². The van der Waals surface area contributed by atoms with Crippen molar-refractivity contribution in [2.24, 2.45) is 11.8 Å². The van der Waals surface area contributed by atoms with Gasteiger partial charge in [0.15, 0.2) is 0 Å². The third kappa shape index (κ3) is 9.33. The van der Waals surface area contributed by atoms with Gasteiger partial charge < -0.3 is 5.32 Å². The Morgan fingerprint density at radius 3 is 2.31 bits per heavy atom. The zero-order chi connectivity index (χ0) is 12.6. The summed E-state index contributed by atoms with van der Waals surface area (Å²) in [5.41, 5.74) is -4.08. The number of hydrogen-bond acceptors (Lipinski definition) is 2. The average Bonchev–Trinajstić information content (AvgIpc) is 2.13. The van der Waals surface area contributed by atoms with Gasteiger partial charge in [-0.2, -0.15) is 13.2 Å². The molecule has 0 amide bonds. The van der Waals surface area contributed by atoms with Crippen LogP contribution < -0.4 is 5.32 Å².